The fourth-order valence-corrected chi connectivity index (χ4v) is 3.26. The topological polar surface area (TPSA) is 55.4 Å². The Balaban J connectivity index is 1.78. The quantitative estimate of drug-likeness (QED) is 0.730. The third-order valence-electron chi connectivity index (χ3n) is 4.50. The third kappa shape index (κ3) is 2.30. The monoisotopic (exact) mass is 309 g/mol. The van der Waals surface area contributed by atoms with E-state index in [1.807, 2.05) is 45.4 Å². The second kappa shape index (κ2) is 5.53. The van der Waals surface area contributed by atoms with Crippen molar-refractivity contribution in [1.29, 1.82) is 0 Å². The number of nitrogens with zero attached hydrogens (tertiary/aromatic N) is 5. The molecule has 0 unspecified atom stereocenters. The molecule has 0 atom stereocenters. The molecule has 0 N–H and O–H groups in total. The smallest absolute Gasteiger partial charge is 0.257 e. The van der Waals surface area contributed by atoms with Crippen molar-refractivity contribution in [1.82, 2.24) is 24.3 Å². The zero-order chi connectivity index (χ0) is 15.8. The molecule has 1 aliphatic heterocycles. The van der Waals surface area contributed by atoms with E-state index < -0.39 is 0 Å². The molecule has 0 bridgehead atoms. The zero-order valence-corrected chi connectivity index (χ0v) is 13.1. The number of hydrogen-bond donors (Lipinski definition) is 0. The molecule has 1 fully saturated rings. The van der Waals surface area contributed by atoms with E-state index in [4.69, 9.17) is 0 Å². The third-order valence-corrected chi connectivity index (χ3v) is 4.50. The Morgan fingerprint density at radius 3 is 2.61 bits per heavy atom. The lowest BCUT2D eigenvalue weighted by Crippen LogP contribution is -2.35. The summed E-state index contributed by atoms with van der Waals surface area (Å²) in [7, 11) is 1.90. The maximum Gasteiger partial charge on any atom is 0.257 e. The van der Waals surface area contributed by atoms with Gasteiger partial charge in [-0.2, -0.15) is 10.2 Å². The lowest BCUT2D eigenvalue weighted by atomic mass is 10.1. The van der Waals surface area contributed by atoms with Gasteiger partial charge in [0.15, 0.2) is 0 Å². The van der Waals surface area contributed by atoms with Crippen molar-refractivity contribution >= 4 is 11.4 Å². The molecule has 0 saturated carbocycles. The molecule has 118 valence electrons. The molecule has 0 spiro atoms. The van der Waals surface area contributed by atoms with Crippen molar-refractivity contribution in [2.75, 3.05) is 13.1 Å². The van der Waals surface area contributed by atoms with Gasteiger partial charge >= 0.3 is 0 Å². The number of fused-ring (bicyclic) bond motifs is 1. The van der Waals surface area contributed by atoms with E-state index in [0.29, 0.717) is 5.56 Å². The van der Waals surface area contributed by atoms with Gasteiger partial charge < -0.3 is 4.90 Å². The highest BCUT2D eigenvalue weighted by molar-refractivity contribution is 6.01. The summed E-state index contributed by atoms with van der Waals surface area (Å²) in [6.45, 7) is 1.69. The van der Waals surface area contributed by atoms with Crippen molar-refractivity contribution in [3.8, 4) is 11.4 Å². The first-order chi connectivity index (χ1) is 11.3. The van der Waals surface area contributed by atoms with Crippen molar-refractivity contribution < 1.29 is 4.79 Å². The molecule has 4 heterocycles. The van der Waals surface area contributed by atoms with E-state index in [9.17, 15) is 4.79 Å². The van der Waals surface area contributed by atoms with Crippen LogP contribution in [0, 0.1) is 0 Å². The Morgan fingerprint density at radius 1 is 1.04 bits per heavy atom. The van der Waals surface area contributed by atoms with Gasteiger partial charge in [-0.1, -0.05) is 6.07 Å². The van der Waals surface area contributed by atoms with Crippen molar-refractivity contribution in [2.45, 2.75) is 19.3 Å². The van der Waals surface area contributed by atoms with Gasteiger partial charge in [0.1, 0.15) is 0 Å². The van der Waals surface area contributed by atoms with Gasteiger partial charge in [-0.05, 0) is 37.5 Å². The lowest BCUT2D eigenvalue weighted by molar-refractivity contribution is 0.0726. The highest BCUT2D eigenvalue weighted by Gasteiger charge is 2.22. The fourth-order valence-electron chi connectivity index (χ4n) is 3.26. The van der Waals surface area contributed by atoms with Gasteiger partial charge in [-0.25, -0.2) is 4.52 Å². The fraction of sp³-hybridized carbons (Fsp3) is 0.353. The summed E-state index contributed by atoms with van der Waals surface area (Å²) in [5, 5.41) is 8.68. The summed E-state index contributed by atoms with van der Waals surface area (Å²) >= 11 is 0. The molecule has 6 heteroatoms. The Morgan fingerprint density at radius 2 is 1.87 bits per heavy atom. The van der Waals surface area contributed by atoms with Crippen LogP contribution in [0.3, 0.4) is 0 Å². The number of carbonyl (C=O) groups is 1. The van der Waals surface area contributed by atoms with E-state index in [-0.39, 0.29) is 5.91 Å². The number of aromatic nitrogens is 4. The van der Waals surface area contributed by atoms with Gasteiger partial charge in [0.25, 0.3) is 5.91 Å². The van der Waals surface area contributed by atoms with E-state index in [1.54, 1.807) is 12.4 Å². The minimum absolute atomic E-state index is 0.0851. The average Bonchev–Trinajstić information content (AvgIpc) is 3.21. The van der Waals surface area contributed by atoms with Crippen molar-refractivity contribution in [2.24, 2.45) is 7.05 Å². The van der Waals surface area contributed by atoms with Gasteiger partial charge in [0.2, 0.25) is 0 Å². The predicted octanol–water partition coefficient (Wildman–Crippen LogP) is 2.36. The van der Waals surface area contributed by atoms with Crippen LogP contribution < -0.4 is 0 Å². The van der Waals surface area contributed by atoms with Crippen LogP contribution in [0.1, 0.15) is 29.6 Å². The van der Waals surface area contributed by atoms with Crippen molar-refractivity contribution in [3.63, 3.8) is 0 Å². The first-order valence-corrected chi connectivity index (χ1v) is 8.00. The number of carbonyl (C=O) groups excluding carboxylic acids is 1. The van der Waals surface area contributed by atoms with Crippen molar-refractivity contribution in [3.05, 3.63) is 42.2 Å². The maximum absolute atomic E-state index is 12.8. The first-order valence-electron chi connectivity index (χ1n) is 8.00. The summed E-state index contributed by atoms with van der Waals surface area (Å²) in [6, 6.07) is 7.85. The van der Waals surface area contributed by atoms with Gasteiger partial charge in [-0.3, -0.25) is 9.48 Å². The molecular formula is C17H19N5O. The Kier molecular flexibility index (Phi) is 3.37. The first kappa shape index (κ1) is 14.0. The molecule has 1 aliphatic rings. The van der Waals surface area contributed by atoms with Crippen LogP contribution in [-0.4, -0.2) is 43.3 Å². The molecule has 0 radical (unpaired) electrons. The summed E-state index contributed by atoms with van der Waals surface area (Å²) in [4.78, 5) is 14.7. The van der Waals surface area contributed by atoms with E-state index in [2.05, 4.69) is 10.2 Å². The highest BCUT2D eigenvalue weighted by atomic mass is 16.2. The number of aryl methyl sites for hydroxylation is 1. The van der Waals surface area contributed by atoms with Crippen LogP contribution in [0.5, 0.6) is 0 Å². The predicted molar refractivity (Wildman–Crippen MR) is 87.1 cm³/mol. The second-order valence-electron chi connectivity index (χ2n) is 5.96. The van der Waals surface area contributed by atoms with Gasteiger partial charge in [0.05, 0.1) is 28.7 Å². The molecular weight excluding hydrogens is 290 g/mol. The minimum Gasteiger partial charge on any atom is -0.339 e. The van der Waals surface area contributed by atoms with Gasteiger partial charge in [-0.15, -0.1) is 0 Å². The molecule has 0 aliphatic carbocycles. The minimum atomic E-state index is 0.0851. The number of amides is 1. The Hall–Kier alpha value is -2.63. The summed E-state index contributed by atoms with van der Waals surface area (Å²) < 4.78 is 3.64. The number of pyridine rings is 1. The maximum atomic E-state index is 12.8. The molecule has 23 heavy (non-hydrogen) atoms. The van der Waals surface area contributed by atoms with E-state index in [1.165, 1.54) is 6.42 Å². The SMILES string of the molecule is Cn1nccc1-c1cccc2c(C(=O)N3CCCCC3)cnn12. The zero-order valence-electron chi connectivity index (χ0n) is 13.1. The largest absolute Gasteiger partial charge is 0.339 e. The standard InChI is InChI=1S/C17H19N5O/c1-20-15(8-9-18-20)16-7-5-6-14-13(12-19-22(14)16)17(23)21-10-3-2-4-11-21/h5-9,12H,2-4,10-11H2,1H3. The number of hydrogen-bond acceptors (Lipinski definition) is 3. The molecule has 3 aromatic heterocycles. The van der Waals surface area contributed by atoms with Crippen LogP contribution in [0.2, 0.25) is 0 Å². The molecule has 1 saturated heterocycles. The van der Waals surface area contributed by atoms with Crippen LogP contribution in [0.15, 0.2) is 36.7 Å². The Bertz CT molecular complexity index is 857. The molecule has 0 aromatic carbocycles. The highest BCUT2D eigenvalue weighted by Crippen LogP contribution is 2.23. The second-order valence-corrected chi connectivity index (χ2v) is 5.96. The average molecular weight is 309 g/mol. The molecule has 6 nitrogen and oxygen atoms in total. The van der Waals surface area contributed by atoms with E-state index in [0.717, 1.165) is 42.8 Å². The molecule has 4 rings (SSSR count). The van der Waals surface area contributed by atoms with Crippen LogP contribution in [0.4, 0.5) is 0 Å². The Labute approximate surface area is 134 Å². The van der Waals surface area contributed by atoms with Crippen LogP contribution in [0.25, 0.3) is 16.9 Å². The summed E-state index contributed by atoms with van der Waals surface area (Å²) in [5.74, 6) is 0.0851. The van der Waals surface area contributed by atoms with Crippen LogP contribution in [-0.2, 0) is 7.05 Å². The normalized spacial score (nSPS) is 15.3. The number of rotatable bonds is 2. The molecule has 3 aromatic rings. The summed E-state index contributed by atoms with van der Waals surface area (Å²) in [6.07, 6.45) is 6.84. The lowest BCUT2D eigenvalue weighted by Gasteiger charge is -2.26. The molecule has 1 amide bonds. The van der Waals surface area contributed by atoms with Gasteiger partial charge in [0, 0.05) is 26.3 Å². The van der Waals surface area contributed by atoms with Crippen LogP contribution >= 0.6 is 0 Å². The number of piperidine rings is 1. The number of likely N-dealkylation sites (tertiary alicyclic amines) is 1. The van der Waals surface area contributed by atoms with E-state index >= 15 is 0 Å². The summed E-state index contributed by atoms with van der Waals surface area (Å²) in [5.41, 5.74) is 3.42.